The molecule has 88 valence electrons. The first-order chi connectivity index (χ1) is 7.69. The van der Waals surface area contributed by atoms with Gasteiger partial charge in [0.15, 0.2) is 18.4 Å². The first kappa shape index (κ1) is 11.9. The Bertz CT molecular complexity index is 390. The maximum atomic E-state index is 12.1. The first-order valence-electron chi connectivity index (χ1n) is 6.23. The van der Waals surface area contributed by atoms with Crippen LogP contribution in [0, 0.1) is 0 Å². The van der Waals surface area contributed by atoms with Crippen LogP contribution >= 0.6 is 7.14 Å². The minimum Gasteiger partial charge on any atom is -0.323 e. The van der Waals surface area contributed by atoms with Crippen LogP contribution in [0.2, 0.25) is 0 Å². The summed E-state index contributed by atoms with van der Waals surface area (Å²) in [5.74, 6) is 0. The minimum absolute atomic E-state index is 0.509. The van der Waals surface area contributed by atoms with Crippen molar-refractivity contribution in [1.29, 1.82) is 0 Å². The van der Waals surface area contributed by atoms with Gasteiger partial charge in [0.05, 0.1) is 7.14 Å². The number of nitrogens with zero attached hydrogens (tertiary/aromatic N) is 1. The van der Waals surface area contributed by atoms with Gasteiger partial charge in [-0.2, -0.15) is 0 Å². The zero-order valence-corrected chi connectivity index (χ0v) is 11.1. The molecule has 0 aliphatic carbocycles. The molecular formula is C13H21NOP+. The summed E-state index contributed by atoms with van der Waals surface area (Å²) in [5.41, 5.74) is 0.509. The number of hydrogen-bond acceptors (Lipinski definition) is 1. The Morgan fingerprint density at radius 1 is 1.31 bits per heavy atom. The smallest absolute Gasteiger partial charge is 0.169 e. The van der Waals surface area contributed by atoms with Crippen molar-refractivity contribution in [3.63, 3.8) is 0 Å². The molecule has 1 aromatic heterocycles. The van der Waals surface area contributed by atoms with Gasteiger partial charge in [-0.25, -0.2) is 4.57 Å². The molecule has 1 saturated heterocycles. The number of hydrogen-bond donors (Lipinski definition) is 0. The Morgan fingerprint density at radius 2 is 2.00 bits per heavy atom. The maximum absolute atomic E-state index is 12.1. The van der Waals surface area contributed by atoms with E-state index in [9.17, 15) is 4.57 Å². The van der Waals surface area contributed by atoms with Gasteiger partial charge in [0.1, 0.15) is 0 Å². The molecule has 3 unspecified atom stereocenters. The van der Waals surface area contributed by atoms with Gasteiger partial charge < -0.3 is 4.57 Å². The van der Waals surface area contributed by atoms with E-state index in [1.807, 2.05) is 6.07 Å². The van der Waals surface area contributed by atoms with Crippen LogP contribution in [0.15, 0.2) is 30.6 Å². The molecule has 2 nitrogen and oxygen atoms in total. The van der Waals surface area contributed by atoms with Crippen molar-refractivity contribution in [1.82, 2.24) is 0 Å². The van der Waals surface area contributed by atoms with E-state index in [2.05, 4.69) is 42.9 Å². The van der Waals surface area contributed by atoms with Crippen LogP contribution in [0.3, 0.4) is 0 Å². The highest BCUT2D eigenvalue weighted by atomic mass is 31.2. The molecule has 2 heterocycles. The monoisotopic (exact) mass is 238 g/mol. The number of rotatable bonds is 5. The average Bonchev–Trinajstić information content (AvgIpc) is 2.99. The zero-order chi connectivity index (χ0) is 11.6. The van der Waals surface area contributed by atoms with E-state index in [0.717, 1.165) is 25.2 Å². The Kier molecular flexibility index (Phi) is 3.49. The van der Waals surface area contributed by atoms with Crippen LogP contribution in [0.5, 0.6) is 0 Å². The van der Waals surface area contributed by atoms with Crippen molar-refractivity contribution in [2.45, 2.75) is 38.4 Å². The lowest BCUT2D eigenvalue weighted by molar-refractivity contribution is -0.723. The van der Waals surface area contributed by atoms with Crippen molar-refractivity contribution >= 4 is 7.14 Å². The fourth-order valence-corrected chi connectivity index (χ4v) is 5.15. The van der Waals surface area contributed by atoms with Gasteiger partial charge in [-0.15, -0.1) is 0 Å². The summed E-state index contributed by atoms with van der Waals surface area (Å²) in [4.78, 5) is 0. The van der Waals surface area contributed by atoms with Crippen LogP contribution in [0.1, 0.15) is 32.7 Å². The third-order valence-corrected chi connectivity index (χ3v) is 7.15. The highest BCUT2D eigenvalue weighted by molar-refractivity contribution is 7.72. The Hall–Kier alpha value is -0.620. The predicted octanol–water partition coefficient (Wildman–Crippen LogP) is 3.08. The molecule has 3 heteroatoms. The van der Waals surface area contributed by atoms with Crippen molar-refractivity contribution in [3.05, 3.63) is 30.6 Å². The second-order valence-corrected chi connectivity index (χ2v) is 8.36. The Balaban J connectivity index is 2.01. The van der Waals surface area contributed by atoms with Crippen molar-refractivity contribution < 1.29 is 9.13 Å². The van der Waals surface area contributed by atoms with Crippen LogP contribution in [0.25, 0.3) is 0 Å². The molecule has 0 aromatic carbocycles. The van der Waals surface area contributed by atoms with E-state index < -0.39 is 7.14 Å². The lowest BCUT2D eigenvalue weighted by Crippen LogP contribution is -2.38. The first-order valence-corrected chi connectivity index (χ1v) is 8.37. The highest BCUT2D eigenvalue weighted by Crippen LogP contribution is 2.68. The van der Waals surface area contributed by atoms with Gasteiger partial charge in [-0.1, -0.05) is 19.9 Å². The van der Waals surface area contributed by atoms with Gasteiger partial charge in [-0.05, 0) is 6.16 Å². The second kappa shape index (κ2) is 4.71. The third kappa shape index (κ3) is 2.38. The molecule has 2 rings (SSSR count). The highest BCUT2D eigenvalue weighted by Gasteiger charge is 2.49. The van der Waals surface area contributed by atoms with Crippen LogP contribution in [-0.2, 0) is 4.57 Å². The summed E-state index contributed by atoms with van der Waals surface area (Å²) in [6.45, 7) is 4.28. The van der Waals surface area contributed by atoms with Gasteiger partial charge in [0.2, 0.25) is 0 Å². The molecule has 0 radical (unpaired) electrons. The number of pyridine rings is 1. The second-order valence-electron chi connectivity index (χ2n) is 4.73. The van der Waals surface area contributed by atoms with E-state index in [-0.39, 0.29) is 0 Å². The molecule has 0 saturated carbocycles. The fourth-order valence-electron chi connectivity index (χ4n) is 2.43. The summed E-state index contributed by atoms with van der Waals surface area (Å²) in [5, 5.41) is 0. The molecule has 3 atom stereocenters. The van der Waals surface area contributed by atoms with E-state index >= 15 is 0 Å². The summed E-state index contributed by atoms with van der Waals surface area (Å²) in [7, 11) is -1.71. The van der Waals surface area contributed by atoms with E-state index in [1.54, 1.807) is 0 Å². The maximum Gasteiger partial charge on any atom is 0.169 e. The van der Waals surface area contributed by atoms with Crippen LogP contribution < -0.4 is 4.57 Å². The molecule has 16 heavy (non-hydrogen) atoms. The van der Waals surface area contributed by atoms with Gasteiger partial charge in [-0.3, -0.25) is 0 Å². The van der Waals surface area contributed by atoms with E-state index in [0.29, 0.717) is 11.7 Å². The zero-order valence-electron chi connectivity index (χ0n) is 10.2. The van der Waals surface area contributed by atoms with Crippen molar-refractivity contribution in [3.8, 4) is 0 Å². The summed E-state index contributed by atoms with van der Waals surface area (Å²) < 4.78 is 14.4. The number of aromatic nitrogens is 1. The Labute approximate surface area is 98.1 Å². The fraction of sp³-hybridized carbons (Fsp3) is 0.615. The molecule has 1 aliphatic heterocycles. The summed E-state index contributed by atoms with van der Waals surface area (Å²) >= 11 is 0. The topological polar surface area (TPSA) is 20.9 Å². The summed E-state index contributed by atoms with van der Waals surface area (Å²) in [6.07, 6.45) is 8.34. The summed E-state index contributed by atoms with van der Waals surface area (Å²) in [6, 6.07) is 6.69. The molecule has 1 aromatic rings. The van der Waals surface area contributed by atoms with Crippen molar-refractivity contribution in [2.24, 2.45) is 0 Å². The third-order valence-electron chi connectivity index (χ3n) is 3.76. The molecule has 0 amide bonds. The SMILES string of the molecule is CCC(CC1CP1(=O)CC)[n+]1ccccc1. The molecule has 0 N–H and O–H groups in total. The Morgan fingerprint density at radius 3 is 2.50 bits per heavy atom. The molecule has 1 aliphatic rings. The van der Waals surface area contributed by atoms with E-state index in [4.69, 9.17) is 0 Å². The molecule has 0 bridgehead atoms. The van der Waals surface area contributed by atoms with Crippen LogP contribution in [-0.4, -0.2) is 18.0 Å². The van der Waals surface area contributed by atoms with Crippen molar-refractivity contribution in [2.75, 3.05) is 12.3 Å². The van der Waals surface area contributed by atoms with Crippen LogP contribution in [0.4, 0.5) is 0 Å². The lowest BCUT2D eigenvalue weighted by atomic mass is 10.1. The minimum atomic E-state index is -1.71. The standard InChI is InChI=1S/C13H21NOP/c1-3-12(14-8-6-5-7-9-14)10-13-11-16(13,15)4-2/h5-9,12-13H,3-4,10-11H2,1-2H3/q+1. The van der Waals surface area contributed by atoms with Gasteiger partial charge >= 0.3 is 0 Å². The molecule has 0 spiro atoms. The predicted molar refractivity (Wildman–Crippen MR) is 67.4 cm³/mol. The van der Waals surface area contributed by atoms with Gasteiger partial charge in [0.25, 0.3) is 0 Å². The quantitative estimate of drug-likeness (QED) is 0.570. The van der Waals surface area contributed by atoms with Gasteiger partial charge in [0, 0.05) is 36.8 Å². The molecular weight excluding hydrogens is 217 g/mol. The molecule has 1 fully saturated rings. The average molecular weight is 238 g/mol. The largest absolute Gasteiger partial charge is 0.323 e. The van der Waals surface area contributed by atoms with E-state index in [1.165, 1.54) is 0 Å². The normalized spacial score (nSPS) is 30.0. The lowest BCUT2D eigenvalue weighted by Gasteiger charge is -2.09.